The Balaban J connectivity index is 1.70. The van der Waals surface area contributed by atoms with Crippen molar-refractivity contribution in [1.82, 2.24) is 9.80 Å². The molecule has 1 aromatic rings. The summed E-state index contributed by atoms with van der Waals surface area (Å²) in [6.07, 6.45) is 1.55. The molecule has 6 heteroatoms. The normalized spacial score (nSPS) is 20.5. The van der Waals surface area contributed by atoms with Gasteiger partial charge in [-0.05, 0) is 37.8 Å². The molecule has 2 saturated heterocycles. The number of imide groups is 1. The molecule has 2 aliphatic heterocycles. The Morgan fingerprint density at radius 2 is 1.95 bits per heavy atom. The molecule has 1 atom stereocenters. The maximum Gasteiger partial charge on any atom is 0.327 e. The van der Waals surface area contributed by atoms with Gasteiger partial charge >= 0.3 is 6.03 Å². The molecule has 22 heavy (non-hydrogen) atoms. The quantitative estimate of drug-likeness (QED) is 0.863. The fraction of sp³-hybridized carbons (Fsp3) is 0.438. The molecule has 2 aliphatic rings. The number of hydrogen-bond acceptors (Lipinski definition) is 3. The maximum absolute atomic E-state index is 12.2. The number of hydrogen-bond donors (Lipinski definition) is 1. The average Bonchev–Trinajstić information content (AvgIpc) is 3.03. The molecule has 0 saturated carbocycles. The Hall–Kier alpha value is -2.37. The molecule has 2 heterocycles. The van der Waals surface area contributed by atoms with Crippen LogP contribution < -0.4 is 5.32 Å². The van der Waals surface area contributed by atoms with Crippen LogP contribution in [0.3, 0.4) is 0 Å². The smallest absolute Gasteiger partial charge is 0.324 e. The van der Waals surface area contributed by atoms with Gasteiger partial charge in [-0.25, -0.2) is 4.79 Å². The Labute approximate surface area is 129 Å². The van der Waals surface area contributed by atoms with Crippen LogP contribution in [0.1, 0.15) is 24.0 Å². The number of anilines is 1. The summed E-state index contributed by atoms with van der Waals surface area (Å²) < 4.78 is 0. The highest BCUT2D eigenvalue weighted by Gasteiger charge is 2.47. The lowest BCUT2D eigenvalue weighted by Crippen LogP contribution is -2.39. The summed E-state index contributed by atoms with van der Waals surface area (Å²) in [6.45, 7) is 4.19. The number of carbonyl (C=O) groups excluding carboxylic acids is 3. The van der Waals surface area contributed by atoms with Gasteiger partial charge < -0.3 is 10.2 Å². The zero-order valence-corrected chi connectivity index (χ0v) is 12.8. The highest BCUT2D eigenvalue weighted by atomic mass is 16.2. The van der Waals surface area contributed by atoms with Crippen LogP contribution in [0, 0.1) is 13.8 Å². The zero-order valence-electron chi connectivity index (χ0n) is 12.8. The third-order valence-electron chi connectivity index (χ3n) is 4.33. The van der Waals surface area contributed by atoms with Crippen LogP contribution in [-0.2, 0) is 9.59 Å². The van der Waals surface area contributed by atoms with Gasteiger partial charge in [0.2, 0.25) is 5.91 Å². The molecule has 116 valence electrons. The number of nitrogens with one attached hydrogen (secondary N) is 1. The third kappa shape index (κ3) is 2.34. The summed E-state index contributed by atoms with van der Waals surface area (Å²) in [4.78, 5) is 39.2. The van der Waals surface area contributed by atoms with Gasteiger partial charge in [0.25, 0.3) is 5.91 Å². The van der Waals surface area contributed by atoms with Crippen LogP contribution in [0.5, 0.6) is 0 Å². The van der Waals surface area contributed by atoms with E-state index in [0.717, 1.165) is 28.1 Å². The van der Waals surface area contributed by atoms with E-state index in [1.54, 1.807) is 4.90 Å². The second-order valence-corrected chi connectivity index (χ2v) is 5.87. The molecule has 4 amide bonds. The molecule has 6 nitrogen and oxygen atoms in total. The summed E-state index contributed by atoms with van der Waals surface area (Å²) in [6, 6.07) is 5.03. The lowest BCUT2D eigenvalue weighted by atomic mass is 10.1. The molecule has 0 spiro atoms. The van der Waals surface area contributed by atoms with Gasteiger partial charge in [0.15, 0.2) is 0 Å². The van der Waals surface area contributed by atoms with Crippen LogP contribution >= 0.6 is 0 Å². The number of nitrogens with zero attached hydrogens (tertiary/aromatic N) is 2. The first-order valence-corrected chi connectivity index (χ1v) is 7.47. The summed E-state index contributed by atoms with van der Waals surface area (Å²) in [5.74, 6) is -0.598. The van der Waals surface area contributed by atoms with Crippen molar-refractivity contribution in [2.24, 2.45) is 0 Å². The molecule has 1 aromatic carbocycles. The molecule has 0 bridgehead atoms. The minimum absolute atomic E-state index is 0.224. The van der Waals surface area contributed by atoms with Gasteiger partial charge in [-0.1, -0.05) is 18.2 Å². The van der Waals surface area contributed by atoms with Crippen LogP contribution in [-0.4, -0.2) is 46.8 Å². The molecule has 3 rings (SSSR count). The largest absolute Gasteiger partial charge is 0.327 e. The van der Waals surface area contributed by atoms with Crippen molar-refractivity contribution in [1.29, 1.82) is 0 Å². The second kappa shape index (κ2) is 5.44. The van der Waals surface area contributed by atoms with Gasteiger partial charge in [-0.3, -0.25) is 14.5 Å². The zero-order chi connectivity index (χ0) is 15.9. The summed E-state index contributed by atoms with van der Waals surface area (Å²) in [5, 5.41) is 2.81. The molecular formula is C16H19N3O3. The summed E-state index contributed by atoms with van der Waals surface area (Å²) in [7, 11) is 0. The minimum atomic E-state index is -0.361. The highest BCUT2D eigenvalue weighted by Crippen LogP contribution is 2.27. The van der Waals surface area contributed by atoms with Crippen LogP contribution in [0.15, 0.2) is 18.2 Å². The number of urea groups is 1. The number of rotatable bonds is 3. The van der Waals surface area contributed by atoms with Crippen LogP contribution in [0.25, 0.3) is 0 Å². The van der Waals surface area contributed by atoms with Crippen LogP contribution in [0.4, 0.5) is 10.5 Å². The molecule has 2 fully saturated rings. The van der Waals surface area contributed by atoms with Crippen molar-refractivity contribution in [2.75, 3.05) is 18.4 Å². The van der Waals surface area contributed by atoms with Crippen molar-refractivity contribution < 1.29 is 14.4 Å². The second-order valence-electron chi connectivity index (χ2n) is 5.87. The third-order valence-corrected chi connectivity index (χ3v) is 4.33. The molecule has 0 radical (unpaired) electrons. The maximum atomic E-state index is 12.2. The molecule has 0 aromatic heterocycles. The van der Waals surface area contributed by atoms with Gasteiger partial charge in [-0.15, -0.1) is 0 Å². The monoisotopic (exact) mass is 301 g/mol. The van der Waals surface area contributed by atoms with E-state index in [2.05, 4.69) is 5.32 Å². The van der Waals surface area contributed by atoms with E-state index in [1.165, 1.54) is 0 Å². The SMILES string of the molecule is Cc1cccc(C)c1NC(=O)CN1C(=O)C2CCCN2C1=O. The van der Waals surface area contributed by atoms with Gasteiger partial charge in [0.05, 0.1) is 0 Å². The van der Waals surface area contributed by atoms with Gasteiger partial charge in [0.1, 0.15) is 12.6 Å². The van der Waals surface area contributed by atoms with Crippen molar-refractivity contribution in [3.8, 4) is 0 Å². The Morgan fingerprint density at radius 1 is 1.27 bits per heavy atom. The summed E-state index contributed by atoms with van der Waals surface area (Å²) in [5.41, 5.74) is 2.65. The number of benzene rings is 1. The Morgan fingerprint density at radius 3 is 2.59 bits per heavy atom. The first-order valence-electron chi connectivity index (χ1n) is 7.47. The predicted octanol–water partition coefficient (Wildman–Crippen LogP) is 1.67. The van der Waals surface area contributed by atoms with Gasteiger partial charge in [0, 0.05) is 12.2 Å². The lowest BCUT2D eigenvalue weighted by molar-refractivity contribution is -0.131. The minimum Gasteiger partial charge on any atom is -0.324 e. The lowest BCUT2D eigenvalue weighted by Gasteiger charge is -2.16. The fourth-order valence-electron chi connectivity index (χ4n) is 3.16. The van der Waals surface area contributed by atoms with E-state index in [4.69, 9.17) is 0 Å². The molecule has 0 aliphatic carbocycles. The van der Waals surface area contributed by atoms with Crippen LogP contribution in [0.2, 0.25) is 0 Å². The first-order chi connectivity index (χ1) is 10.5. The number of carbonyl (C=O) groups is 3. The number of para-hydroxylation sites is 1. The van der Waals surface area contributed by atoms with E-state index < -0.39 is 0 Å². The standard InChI is InChI=1S/C16H19N3O3/c1-10-5-3-6-11(2)14(10)17-13(20)9-19-15(21)12-7-4-8-18(12)16(19)22/h3,5-6,12H,4,7-9H2,1-2H3,(H,17,20). The number of aryl methyl sites for hydroxylation is 2. The molecule has 1 unspecified atom stereocenters. The molecular weight excluding hydrogens is 282 g/mol. The number of fused-ring (bicyclic) bond motifs is 1. The van der Waals surface area contributed by atoms with E-state index in [9.17, 15) is 14.4 Å². The van der Waals surface area contributed by atoms with Crippen molar-refractivity contribution in [3.63, 3.8) is 0 Å². The van der Waals surface area contributed by atoms with E-state index >= 15 is 0 Å². The fourth-order valence-corrected chi connectivity index (χ4v) is 3.16. The van der Waals surface area contributed by atoms with E-state index in [0.29, 0.717) is 13.0 Å². The predicted molar refractivity (Wildman–Crippen MR) is 81.4 cm³/mol. The van der Waals surface area contributed by atoms with E-state index in [-0.39, 0.29) is 30.4 Å². The Bertz CT molecular complexity index is 614. The summed E-state index contributed by atoms with van der Waals surface area (Å²) >= 11 is 0. The van der Waals surface area contributed by atoms with E-state index in [1.807, 2.05) is 32.0 Å². The highest BCUT2D eigenvalue weighted by molar-refractivity contribution is 6.08. The number of amides is 4. The Kier molecular flexibility index (Phi) is 3.60. The topological polar surface area (TPSA) is 69.7 Å². The van der Waals surface area contributed by atoms with Gasteiger partial charge in [-0.2, -0.15) is 0 Å². The van der Waals surface area contributed by atoms with Crippen molar-refractivity contribution in [3.05, 3.63) is 29.3 Å². The van der Waals surface area contributed by atoms with Crippen molar-refractivity contribution >= 4 is 23.5 Å². The van der Waals surface area contributed by atoms with Crippen molar-refractivity contribution in [2.45, 2.75) is 32.7 Å². The average molecular weight is 301 g/mol. The first kappa shape index (κ1) is 14.6. The molecule has 1 N–H and O–H groups in total.